The van der Waals surface area contributed by atoms with E-state index in [0.29, 0.717) is 12.4 Å². The quantitative estimate of drug-likeness (QED) is 0.843. The monoisotopic (exact) mass is 244 g/mol. The van der Waals surface area contributed by atoms with Crippen LogP contribution in [0.1, 0.15) is 5.56 Å². The number of hydrogen-bond donors (Lipinski definition) is 2. The summed E-state index contributed by atoms with van der Waals surface area (Å²) in [7, 11) is 3.48. The van der Waals surface area contributed by atoms with Gasteiger partial charge in [-0.2, -0.15) is 0 Å². The lowest BCUT2D eigenvalue weighted by Crippen LogP contribution is -2.01. The molecule has 0 fully saturated rings. The van der Waals surface area contributed by atoms with Crippen molar-refractivity contribution < 1.29 is 4.74 Å². The molecule has 5 nitrogen and oxygen atoms in total. The number of pyridine rings is 2. The highest BCUT2D eigenvalue weighted by Gasteiger charge is 1.98. The molecule has 0 saturated heterocycles. The van der Waals surface area contributed by atoms with E-state index in [4.69, 9.17) is 4.74 Å². The van der Waals surface area contributed by atoms with Crippen molar-refractivity contribution in [3.63, 3.8) is 0 Å². The van der Waals surface area contributed by atoms with Gasteiger partial charge in [0.15, 0.2) is 0 Å². The molecule has 0 unspecified atom stereocenters. The molecule has 0 aliphatic rings. The van der Waals surface area contributed by atoms with Crippen LogP contribution in [-0.4, -0.2) is 24.1 Å². The van der Waals surface area contributed by atoms with Crippen molar-refractivity contribution in [3.8, 4) is 5.88 Å². The Labute approximate surface area is 106 Å². The zero-order valence-electron chi connectivity index (χ0n) is 10.5. The third-order valence-electron chi connectivity index (χ3n) is 2.53. The summed E-state index contributed by atoms with van der Waals surface area (Å²) in [6.45, 7) is 0.702. The van der Waals surface area contributed by atoms with E-state index in [1.165, 1.54) is 0 Å². The molecule has 0 amide bonds. The maximum Gasteiger partial charge on any atom is 0.213 e. The van der Waals surface area contributed by atoms with E-state index in [9.17, 15) is 0 Å². The van der Waals surface area contributed by atoms with Crippen molar-refractivity contribution in [1.29, 1.82) is 0 Å². The van der Waals surface area contributed by atoms with Gasteiger partial charge in [-0.15, -0.1) is 0 Å². The molecule has 0 atom stereocenters. The third kappa shape index (κ3) is 3.10. The lowest BCUT2D eigenvalue weighted by atomic mass is 10.2. The molecule has 5 heteroatoms. The van der Waals surface area contributed by atoms with Gasteiger partial charge in [0.25, 0.3) is 0 Å². The van der Waals surface area contributed by atoms with E-state index in [-0.39, 0.29) is 0 Å². The zero-order valence-corrected chi connectivity index (χ0v) is 10.5. The molecule has 0 aromatic carbocycles. The Kier molecular flexibility index (Phi) is 3.96. The van der Waals surface area contributed by atoms with Gasteiger partial charge in [0, 0.05) is 25.9 Å². The summed E-state index contributed by atoms with van der Waals surface area (Å²) in [5, 5.41) is 6.35. The molecule has 2 rings (SSSR count). The highest BCUT2D eigenvalue weighted by atomic mass is 16.5. The standard InChI is InChI=1S/C13H16N4O/c1-14-11-6-12(9-15-8-11)17-7-10-3-4-16-13(5-10)18-2/h3-6,8-9,14,17H,7H2,1-2H3. The van der Waals surface area contributed by atoms with E-state index in [2.05, 4.69) is 20.6 Å². The average molecular weight is 244 g/mol. The SMILES string of the molecule is CNc1cncc(NCc2ccnc(OC)c2)c1. The highest BCUT2D eigenvalue weighted by molar-refractivity contribution is 5.53. The Bertz CT molecular complexity index is 468. The first kappa shape index (κ1) is 12.2. The predicted octanol–water partition coefficient (Wildman–Crippen LogP) is 2.14. The molecule has 0 bridgehead atoms. The lowest BCUT2D eigenvalue weighted by molar-refractivity contribution is 0.397. The minimum absolute atomic E-state index is 0.622. The van der Waals surface area contributed by atoms with Crippen LogP contribution in [0.2, 0.25) is 0 Å². The Balaban J connectivity index is 2.01. The molecule has 2 N–H and O–H groups in total. The molecule has 0 radical (unpaired) electrons. The van der Waals surface area contributed by atoms with Crippen molar-refractivity contribution >= 4 is 11.4 Å². The molecule has 2 aromatic rings. The smallest absolute Gasteiger partial charge is 0.213 e. The number of rotatable bonds is 5. The summed E-state index contributed by atoms with van der Waals surface area (Å²) in [4.78, 5) is 8.21. The van der Waals surface area contributed by atoms with Gasteiger partial charge < -0.3 is 15.4 Å². The molecular formula is C13H16N4O. The molecule has 0 saturated carbocycles. The highest BCUT2D eigenvalue weighted by Crippen LogP contribution is 2.14. The van der Waals surface area contributed by atoms with Crippen molar-refractivity contribution in [2.45, 2.75) is 6.54 Å². The molecule has 0 aliphatic carbocycles. The molecule has 18 heavy (non-hydrogen) atoms. The number of nitrogens with one attached hydrogen (secondary N) is 2. The van der Waals surface area contributed by atoms with Gasteiger partial charge in [-0.05, 0) is 17.7 Å². The first-order chi connectivity index (χ1) is 8.81. The first-order valence-electron chi connectivity index (χ1n) is 5.67. The number of hydrogen-bond acceptors (Lipinski definition) is 5. The summed E-state index contributed by atoms with van der Waals surface area (Å²) < 4.78 is 5.08. The normalized spacial score (nSPS) is 9.89. The van der Waals surface area contributed by atoms with E-state index < -0.39 is 0 Å². The average Bonchev–Trinajstić information content (AvgIpc) is 2.45. The summed E-state index contributed by atoms with van der Waals surface area (Å²) in [5.74, 6) is 0.622. The van der Waals surface area contributed by atoms with E-state index in [1.54, 1.807) is 25.7 Å². The maximum atomic E-state index is 5.08. The second kappa shape index (κ2) is 5.86. The fourth-order valence-electron chi connectivity index (χ4n) is 1.55. The van der Waals surface area contributed by atoms with Crippen LogP contribution in [-0.2, 0) is 6.54 Å². The maximum absolute atomic E-state index is 5.08. The van der Waals surface area contributed by atoms with Crippen LogP contribution >= 0.6 is 0 Å². The van der Waals surface area contributed by atoms with Gasteiger partial charge in [-0.3, -0.25) is 4.98 Å². The van der Waals surface area contributed by atoms with E-state index in [1.807, 2.05) is 25.2 Å². The largest absolute Gasteiger partial charge is 0.481 e. The molecule has 2 heterocycles. The van der Waals surface area contributed by atoms with Crippen molar-refractivity contribution in [2.75, 3.05) is 24.8 Å². The van der Waals surface area contributed by atoms with Crippen LogP contribution in [0.4, 0.5) is 11.4 Å². The summed E-state index contributed by atoms with van der Waals surface area (Å²) in [6.07, 6.45) is 5.30. The fraction of sp³-hybridized carbons (Fsp3) is 0.231. The van der Waals surface area contributed by atoms with Crippen LogP contribution in [0.3, 0.4) is 0 Å². The van der Waals surface area contributed by atoms with Crippen LogP contribution in [0.15, 0.2) is 36.8 Å². The Morgan fingerprint density at radius 2 is 2.06 bits per heavy atom. The van der Waals surface area contributed by atoms with Crippen LogP contribution < -0.4 is 15.4 Å². The second-order valence-corrected chi connectivity index (χ2v) is 3.77. The van der Waals surface area contributed by atoms with Gasteiger partial charge in [0.05, 0.1) is 30.9 Å². The predicted molar refractivity (Wildman–Crippen MR) is 71.9 cm³/mol. The molecular weight excluding hydrogens is 228 g/mol. The number of ether oxygens (including phenoxy) is 1. The molecule has 94 valence electrons. The number of nitrogens with zero attached hydrogens (tertiary/aromatic N) is 2. The Morgan fingerprint density at radius 1 is 1.22 bits per heavy atom. The van der Waals surface area contributed by atoms with Crippen LogP contribution in [0, 0.1) is 0 Å². The number of anilines is 2. The Morgan fingerprint density at radius 3 is 2.83 bits per heavy atom. The van der Waals surface area contributed by atoms with Gasteiger partial charge in [-0.1, -0.05) is 0 Å². The Hall–Kier alpha value is -2.30. The van der Waals surface area contributed by atoms with Crippen LogP contribution in [0.25, 0.3) is 0 Å². The van der Waals surface area contributed by atoms with Gasteiger partial charge in [0.2, 0.25) is 5.88 Å². The molecule has 0 spiro atoms. The van der Waals surface area contributed by atoms with Crippen molar-refractivity contribution in [1.82, 2.24) is 9.97 Å². The van der Waals surface area contributed by atoms with Gasteiger partial charge in [-0.25, -0.2) is 4.98 Å². The van der Waals surface area contributed by atoms with Gasteiger partial charge in [0.1, 0.15) is 0 Å². The first-order valence-corrected chi connectivity index (χ1v) is 5.67. The van der Waals surface area contributed by atoms with E-state index >= 15 is 0 Å². The molecule has 2 aromatic heterocycles. The third-order valence-corrected chi connectivity index (χ3v) is 2.53. The second-order valence-electron chi connectivity index (χ2n) is 3.77. The number of methoxy groups -OCH3 is 1. The van der Waals surface area contributed by atoms with E-state index in [0.717, 1.165) is 16.9 Å². The topological polar surface area (TPSA) is 59.1 Å². The summed E-state index contributed by atoms with van der Waals surface area (Å²) in [6, 6.07) is 5.86. The minimum Gasteiger partial charge on any atom is -0.481 e. The van der Waals surface area contributed by atoms with Crippen molar-refractivity contribution in [3.05, 3.63) is 42.4 Å². The van der Waals surface area contributed by atoms with Crippen LogP contribution in [0.5, 0.6) is 5.88 Å². The number of aromatic nitrogens is 2. The molecule has 0 aliphatic heterocycles. The lowest BCUT2D eigenvalue weighted by Gasteiger charge is -2.08. The fourth-order valence-corrected chi connectivity index (χ4v) is 1.55. The summed E-state index contributed by atoms with van der Waals surface area (Å²) in [5.41, 5.74) is 3.06. The zero-order chi connectivity index (χ0) is 12.8. The summed E-state index contributed by atoms with van der Waals surface area (Å²) >= 11 is 0. The van der Waals surface area contributed by atoms with Crippen molar-refractivity contribution in [2.24, 2.45) is 0 Å². The minimum atomic E-state index is 0.622. The van der Waals surface area contributed by atoms with Gasteiger partial charge >= 0.3 is 0 Å².